The molecule has 0 amide bonds. The number of likely N-dealkylation sites (N-methyl/N-ethyl adjacent to an activating group) is 1. The van der Waals surface area contributed by atoms with Crippen LogP contribution in [0.2, 0.25) is 0 Å². The van der Waals surface area contributed by atoms with Gasteiger partial charge in [-0.3, -0.25) is 24.3 Å². The van der Waals surface area contributed by atoms with E-state index in [2.05, 4.69) is 40.4 Å². The second kappa shape index (κ2) is 31.7. The molecular formula is C57H82N7O13P. The van der Waals surface area contributed by atoms with Gasteiger partial charge in [0.05, 0.1) is 51.6 Å². The summed E-state index contributed by atoms with van der Waals surface area (Å²) in [4.78, 5) is 56.4. The van der Waals surface area contributed by atoms with Gasteiger partial charge < -0.3 is 47.3 Å². The van der Waals surface area contributed by atoms with Gasteiger partial charge in [-0.2, -0.15) is 0 Å². The number of esters is 1. The highest BCUT2D eigenvalue weighted by atomic mass is 31.2. The van der Waals surface area contributed by atoms with Crippen LogP contribution >= 0.6 is 7.82 Å². The zero-order valence-corrected chi connectivity index (χ0v) is 47.4. The van der Waals surface area contributed by atoms with Crippen molar-refractivity contribution in [2.24, 2.45) is 0 Å². The number of phosphoric acid groups is 1. The number of hydrogen-bond acceptors (Lipinski definition) is 18. The van der Waals surface area contributed by atoms with Crippen LogP contribution < -0.4 is 25.3 Å². The van der Waals surface area contributed by atoms with E-state index < -0.39 is 24.8 Å². The predicted molar refractivity (Wildman–Crippen MR) is 301 cm³/mol. The lowest BCUT2D eigenvalue weighted by molar-refractivity contribution is -0.870. The molecule has 2 aliphatic rings. The van der Waals surface area contributed by atoms with Crippen molar-refractivity contribution < 1.29 is 56.0 Å². The molecule has 0 spiro atoms. The summed E-state index contributed by atoms with van der Waals surface area (Å²) in [6, 6.07) is 16.2. The highest BCUT2D eigenvalue weighted by Gasteiger charge is 2.22. The molecule has 3 aromatic carbocycles. The molecular weight excluding hydrogens is 1020 g/mol. The summed E-state index contributed by atoms with van der Waals surface area (Å²) >= 11 is 0. The molecule has 1 aromatic heterocycles. The van der Waals surface area contributed by atoms with Gasteiger partial charge in [0, 0.05) is 67.3 Å². The van der Waals surface area contributed by atoms with E-state index in [4.69, 9.17) is 37.3 Å². The predicted octanol–water partition coefficient (Wildman–Crippen LogP) is 11.8. The molecule has 21 heteroatoms. The topological polar surface area (TPSA) is 244 Å². The lowest BCUT2D eigenvalue weighted by Gasteiger charge is -2.28. The monoisotopic (exact) mass is 1100 g/mol. The fourth-order valence-corrected chi connectivity index (χ4v) is 9.99. The van der Waals surface area contributed by atoms with Crippen molar-refractivity contribution in [1.29, 1.82) is 0 Å². The number of ether oxygens (including phenoxy) is 3. The molecule has 0 bridgehead atoms. The van der Waals surface area contributed by atoms with Gasteiger partial charge >= 0.3 is 11.7 Å². The van der Waals surface area contributed by atoms with E-state index in [0.717, 1.165) is 126 Å². The number of anilines is 2. The third-order valence-electron chi connectivity index (χ3n) is 13.7. The van der Waals surface area contributed by atoms with Crippen molar-refractivity contribution >= 4 is 63.8 Å². The molecule has 6 rings (SSSR count). The van der Waals surface area contributed by atoms with Crippen LogP contribution in [0.15, 0.2) is 68.4 Å². The number of nitrogens with zero attached hydrogens (tertiary/aromatic N) is 6. The van der Waals surface area contributed by atoms with Crippen LogP contribution in [-0.4, -0.2) is 117 Å². The molecule has 2 atom stereocenters. The number of hydrogen-bond donors (Lipinski definition) is 1. The Bertz CT molecular complexity index is 2870. The summed E-state index contributed by atoms with van der Waals surface area (Å²) in [5.74, 6) is 0.723. The molecule has 1 N–H and O–H groups in total. The van der Waals surface area contributed by atoms with Crippen LogP contribution in [-0.2, 0) is 27.9 Å². The summed E-state index contributed by atoms with van der Waals surface area (Å²) in [6.07, 6.45) is 17.6. The van der Waals surface area contributed by atoms with E-state index >= 15 is 0 Å². The maximum Gasteiger partial charge on any atom is 0.306 e. The van der Waals surface area contributed by atoms with E-state index in [1.807, 2.05) is 51.5 Å². The Morgan fingerprint density at radius 1 is 0.756 bits per heavy atom. The van der Waals surface area contributed by atoms with Crippen molar-refractivity contribution in [3.63, 3.8) is 0 Å². The number of rotatable bonds is 40. The summed E-state index contributed by atoms with van der Waals surface area (Å²) in [6.45, 7) is 7.81. The maximum atomic E-state index is 13.2. The number of unbranched alkanes of at least 4 members (excludes halogenated alkanes) is 16. The van der Waals surface area contributed by atoms with Crippen LogP contribution in [0.5, 0.6) is 5.75 Å². The Balaban J connectivity index is 0.790. The Kier molecular flexibility index (Phi) is 25.0. The highest BCUT2D eigenvalue weighted by molar-refractivity contribution is 7.45. The van der Waals surface area contributed by atoms with Crippen molar-refractivity contribution in [3.05, 3.63) is 74.9 Å². The number of carbonyl (C=O) groups is 1. The number of nitro groups is 1. The molecule has 2 heterocycles. The molecule has 1 aliphatic heterocycles. The fraction of sp³-hybridized carbons (Fsp3) is 0.596. The van der Waals surface area contributed by atoms with Crippen LogP contribution in [0.4, 0.5) is 17.1 Å². The third kappa shape index (κ3) is 20.2. The Labute approximate surface area is 458 Å². The van der Waals surface area contributed by atoms with Crippen LogP contribution in [0.25, 0.3) is 44.4 Å². The zero-order chi connectivity index (χ0) is 55.8. The van der Waals surface area contributed by atoms with Gasteiger partial charge in [-0.25, -0.2) is 9.61 Å². The first kappa shape index (κ1) is 61.5. The summed E-state index contributed by atoms with van der Waals surface area (Å²) in [5, 5.41) is 23.3. The minimum Gasteiger partial charge on any atom is -0.756 e. The van der Waals surface area contributed by atoms with E-state index in [0.29, 0.717) is 76.6 Å². The normalized spacial score (nSPS) is 13.1. The van der Waals surface area contributed by atoms with Crippen molar-refractivity contribution in [3.8, 4) is 17.2 Å². The van der Waals surface area contributed by atoms with Crippen LogP contribution in [0.3, 0.4) is 0 Å². The lowest BCUT2D eigenvalue weighted by Crippen LogP contribution is -2.37. The van der Waals surface area contributed by atoms with Crippen molar-refractivity contribution in [2.45, 2.75) is 142 Å². The molecule has 1 aliphatic carbocycles. The number of quaternary nitrogens is 1. The summed E-state index contributed by atoms with van der Waals surface area (Å²) < 4.78 is 51.8. The van der Waals surface area contributed by atoms with Gasteiger partial charge in [-0.1, -0.05) is 89.9 Å². The Morgan fingerprint density at radius 2 is 1.41 bits per heavy atom. The number of nitro benzene ring substituents is 1. The fourth-order valence-electron chi connectivity index (χ4n) is 9.26. The van der Waals surface area contributed by atoms with Crippen LogP contribution in [0.1, 0.15) is 136 Å². The van der Waals surface area contributed by atoms with Crippen molar-refractivity contribution in [1.82, 2.24) is 15.3 Å². The Morgan fingerprint density at radius 3 is 2.09 bits per heavy atom. The molecule has 2 unspecified atom stereocenters. The molecule has 78 heavy (non-hydrogen) atoms. The second-order valence-electron chi connectivity index (χ2n) is 21.0. The molecule has 428 valence electrons. The number of non-ortho nitro benzene ring substituents is 1. The van der Waals surface area contributed by atoms with E-state index in [1.54, 1.807) is 6.07 Å². The first-order valence-corrected chi connectivity index (χ1v) is 29.6. The molecule has 4 aromatic rings. The first-order valence-electron chi connectivity index (χ1n) is 28.1. The Hall–Kier alpha value is -5.76. The summed E-state index contributed by atoms with van der Waals surface area (Å²) in [5.41, 5.74) is 3.96. The number of benzene rings is 4. The summed E-state index contributed by atoms with van der Waals surface area (Å²) in [7, 11) is 1.18. The van der Waals surface area contributed by atoms with E-state index in [-0.39, 0.29) is 42.9 Å². The zero-order valence-electron chi connectivity index (χ0n) is 46.5. The number of phosphoric ester groups is 1. The molecule has 0 saturated heterocycles. The van der Waals surface area contributed by atoms with Gasteiger partial charge in [0.2, 0.25) is 5.52 Å². The number of carbonyl (C=O) groups excluding carboxylic acids is 1. The second-order valence-corrected chi connectivity index (χ2v) is 22.4. The lowest BCUT2D eigenvalue weighted by atomic mass is 10.0. The largest absolute Gasteiger partial charge is 0.756 e. The quantitative estimate of drug-likeness (QED) is 0.00549. The average Bonchev–Trinajstić information content (AvgIpc) is 4.03. The molecule has 0 radical (unpaired) electrons. The minimum absolute atomic E-state index is 0.0203. The van der Waals surface area contributed by atoms with E-state index in [1.165, 1.54) is 25.0 Å². The number of aromatic nitrogens is 3. The maximum absolute atomic E-state index is 13.2. The van der Waals surface area contributed by atoms with Gasteiger partial charge in [0.15, 0.2) is 22.3 Å². The standard InChI is InChI=1S/C57H82N7O13P/c1-6-62(7-2)43-27-30-48-52(38-43)76-53-40-51(65)47-39-44(28-29-46(47)55(53)59-48)72-36-25-21-17-13-9-8-12-16-20-24-35-71-41-45(42-74-78(69,70)73-37-34-64(3,4)5)75-54(66)26-22-18-14-10-11-15-19-23-33-58-49-31-32-50(63(67)68)57-56(49)60-77-61-57/h27-32,38-40,45H,6-26,33-37,41-42H2,1-5H3,(H-,58,61,69,70). The highest BCUT2D eigenvalue weighted by Crippen LogP contribution is 2.39. The SMILES string of the molecule is CCN(CC)c1ccc2nc3c4ccc(OCCCCCCCCCCCCOCC(COP(=O)([O-])OCC[N+](C)(C)C)OC(=O)CCCCCCCCCCNc5ccc([N+](=O)[O-])c6nonc56)cc4c(=O)cc-3oc2c1. The number of nitrogens with one attached hydrogen (secondary N) is 1. The minimum atomic E-state index is -4.61. The van der Waals surface area contributed by atoms with Gasteiger partial charge in [0.1, 0.15) is 36.2 Å². The van der Waals surface area contributed by atoms with Crippen molar-refractivity contribution in [2.75, 3.05) is 90.6 Å². The van der Waals surface area contributed by atoms with Crippen LogP contribution in [0, 0.1) is 10.1 Å². The average molecular weight is 1100 g/mol. The van der Waals surface area contributed by atoms with Gasteiger partial charge in [-0.05, 0) is 86.2 Å². The smallest absolute Gasteiger partial charge is 0.306 e. The molecule has 0 saturated carbocycles. The van der Waals surface area contributed by atoms with E-state index in [9.17, 15) is 29.2 Å². The molecule has 20 nitrogen and oxygen atoms in total. The third-order valence-corrected chi connectivity index (χ3v) is 14.7. The molecule has 0 fully saturated rings. The first-order chi connectivity index (χ1) is 37.6. The number of fused-ring (bicyclic) bond motifs is 5. The van der Waals surface area contributed by atoms with Gasteiger partial charge in [-0.15, -0.1) is 0 Å². The van der Waals surface area contributed by atoms with Gasteiger partial charge in [0.25, 0.3) is 7.82 Å².